The van der Waals surface area contributed by atoms with E-state index in [-0.39, 0.29) is 18.0 Å². The summed E-state index contributed by atoms with van der Waals surface area (Å²) in [4.78, 5) is 17.7. The number of rotatable bonds is 10. The smallest absolute Gasteiger partial charge is 0.265 e. The van der Waals surface area contributed by atoms with E-state index < -0.39 is 6.29 Å². The van der Waals surface area contributed by atoms with Crippen molar-refractivity contribution in [1.29, 1.82) is 0 Å². The van der Waals surface area contributed by atoms with Crippen molar-refractivity contribution in [2.45, 2.75) is 20.1 Å². The Morgan fingerprint density at radius 3 is 2.31 bits per heavy atom. The molecule has 7 nitrogen and oxygen atoms in total. The third-order valence-corrected chi connectivity index (χ3v) is 5.44. The van der Waals surface area contributed by atoms with E-state index in [1.54, 1.807) is 36.4 Å². The lowest BCUT2D eigenvalue weighted by Gasteiger charge is -2.19. The lowest BCUT2D eigenvalue weighted by molar-refractivity contribution is -0.152. The van der Waals surface area contributed by atoms with Crippen molar-refractivity contribution in [2.75, 3.05) is 26.9 Å². The van der Waals surface area contributed by atoms with E-state index in [9.17, 15) is 9.18 Å². The fourth-order valence-electron chi connectivity index (χ4n) is 3.73. The topological polar surface area (TPSA) is 71.8 Å². The Kier molecular flexibility index (Phi) is 7.74. The van der Waals surface area contributed by atoms with Crippen LogP contribution in [0.2, 0.25) is 0 Å². The highest BCUT2D eigenvalue weighted by atomic mass is 19.1. The van der Waals surface area contributed by atoms with Crippen molar-refractivity contribution in [3.8, 4) is 28.3 Å². The molecule has 1 aromatic heterocycles. The summed E-state index contributed by atoms with van der Waals surface area (Å²) in [5, 5.41) is 0.467. The molecule has 0 fully saturated rings. The summed E-state index contributed by atoms with van der Waals surface area (Å²) in [6, 6.07) is 16.8. The first-order valence-corrected chi connectivity index (χ1v) is 11.4. The number of fused-ring (bicyclic) bond motifs is 1. The van der Waals surface area contributed by atoms with E-state index in [0.29, 0.717) is 41.3 Å². The van der Waals surface area contributed by atoms with Crippen molar-refractivity contribution in [3.05, 3.63) is 83.2 Å². The number of aromatic nitrogens is 2. The average Bonchev–Trinajstić information content (AvgIpc) is 2.88. The van der Waals surface area contributed by atoms with Crippen LogP contribution in [-0.4, -0.2) is 42.8 Å². The van der Waals surface area contributed by atoms with E-state index in [0.717, 1.165) is 11.1 Å². The lowest BCUT2D eigenvalue weighted by atomic mass is 10.0. The van der Waals surface area contributed by atoms with Crippen LogP contribution < -0.4 is 15.0 Å². The lowest BCUT2D eigenvalue weighted by Crippen LogP contribution is -2.25. The van der Waals surface area contributed by atoms with Gasteiger partial charge < -0.3 is 18.9 Å². The van der Waals surface area contributed by atoms with Crippen LogP contribution in [-0.2, 0) is 9.47 Å². The number of halogens is 1. The van der Waals surface area contributed by atoms with E-state index in [2.05, 4.69) is 4.98 Å². The summed E-state index contributed by atoms with van der Waals surface area (Å²) in [6.45, 7) is 4.99. The molecule has 0 amide bonds. The van der Waals surface area contributed by atoms with Gasteiger partial charge in [0.25, 0.3) is 5.56 Å². The molecule has 4 aromatic rings. The molecule has 0 N–H and O–H groups in total. The third-order valence-electron chi connectivity index (χ3n) is 5.44. The minimum absolute atomic E-state index is 0.200. The number of hydrogen-bond donors (Lipinski definition) is 0. The van der Waals surface area contributed by atoms with Gasteiger partial charge in [0.15, 0.2) is 17.8 Å². The van der Waals surface area contributed by atoms with Gasteiger partial charge >= 0.3 is 0 Å². The zero-order valence-electron chi connectivity index (χ0n) is 19.9. The highest BCUT2D eigenvalue weighted by Gasteiger charge is 2.14. The van der Waals surface area contributed by atoms with Crippen LogP contribution >= 0.6 is 0 Å². The Morgan fingerprint density at radius 1 is 0.914 bits per heavy atom. The Hall–Kier alpha value is -3.75. The highest BCUT2D eigenvalue weighted by Crippen LogP contribution is 2.30. The predicted octanol–water partition coefficient (Wildman–Crippen LogP) is 4.98. The largest absolute Gasteiger partial charge is 0.493 e. The standard InChI is InChI=1S/C27H27FN2O5/c1-4-33-26(34-5-2)16-35-24-13-11-21(15-25(24)32-3)30-17-29-23-14-19(8-12-22(23)27(30)31)18-6-9-20(28)10-7-18/h6-15,17,26H,4-5,16H2,1-3H3. The second kappa shape index (κ2) is 11.1. The fourth-order valence-corrected chi connectivity index (χ4v) is 3.73. The zero-order valence-corrected chi connectivity index (χ0v) is 19.9. The van der Waals surface area contributed by atoms with Crippen molar-refractivity contribution in [1.82, 2.24) is 9.55 Å². The van der Waals surface area contributed by atoms with Gasteiger partial charge in [-0.3, -0.25) is 9.36 Å². The number of ether oxygens (including phenoxy) is 4. The summed E-state index contributed by atoms with van der Waals surface area (Å²) in [7, 11) is 1.53. The molecule has 0 bridgehead atoms. The van der Waals surface area contributed by atoms with Crippen LogP contribution in [0.1, 0.15) is 13.8 Å². The zero-order chi connectivity index (χ0) is 24.8. The summed E-state index contributed by atoms with van der Waals surface area (Å²) in [6.07, 6.45) is 0.996. The maximum absolute atomic E-state index is 13.2. The van der Waals surface area contributed by atoms with Gasteiger partial charge in [-0.1, -0.05) is 18.2 Å². The normalized spacial score (nSPS) is 11.2. The number of benzene rings is 3. The molecule has 1 heterocycles. The molecule has 4 rings (SSSR count). The molecule has 0 aliphatic rings. The molecule has 0 spiro atoms. The summed E-state index contributed by atoms with van der Waals surface area (Å²) < 4.78 is 37.1. The van der Waals surface area contributed by atoms with Gasteiger partial charge in [0.05, 0.1) is 23.7 Å². The molecule has 0 atom stereocenters. The highest BCUT2D eigenvalue weighted by molar-refractivity contribution is 5.83. The summed E-state index contributed by atoms with van der Waals surface area (Å²) in [5.41, 5.74) is 2.61. The van der Waals surface area contributed by atoms with Gasteiger partial charge in [-0.25, -0.2) is 9.37 Å². The Bertz CT molecular complexity index is 1350. The van der Waals surface area contributed by atoms with Gasteiger partial charge in [-0.05, 0) is 61.4 Å². The van der Waals surface area contributed by atoms with E-state index in [1.165, 1.54) is 30.1 Å². The first-order chi connectivity index (χ1) is 17.0. The molecule has 8 heteroatoms. The van der Waals surface area contributed by atoms with Crippen LogP contribution in [0.4, 0.5) is 4.39 Å². The molecule has 0 saturated carbocycles. The van der Waals surface area contributed by atoms with Crippen LogP contribution in [0, 0.1) is 5.82 Å². The number of nitrogens with zero attached hydrogens (tertiary/aromatic N) is 2. The third kappa shape index (κ3) is 5.50. The van der Waals surface area contributed by atoms with Gasteiger partial charge in [0.1, 0.15) is 18.8 Å². The predicted molar refractivity (Wildman–Crippen MR) is 132 cm³/mol. The fraction of sp³-hybridized carbons (Fsp3) is 0.259. The summed E-state index contributed by atoms with van der Waals surface area (Å²) >= 11 is 0. The van der Waals surface area contributed by atoms with Crippen LogP contribution in [0.25, 0.3) is 27.7 Å². The molecule has 3 aromatic carbocycles. The number of methoxy groups -OCH3 is 1. The number of hydrogen-bond acceptors (Lipinski definition) is 6. The van der Waals surface area contributed by atoms with E-state index in [1.807, 2.05) is 26.0 Å². The first-order valence-electron chi connectivity index (χ1n) is 11.4. The molecule has 0 aliphatic carbocycles. The minimum atomic E-state index is -0.485. The monoisotopic (exact) mass is 478 g/mol. The van der Waals surface area contributed by atoms with Crippen molar-refractivity contribution >= 4 is 10.9 Å². The second-order valence-electron chi connectivity index (χ2n) is 7.64. The Balaban J connectivity index is 1.61. The minimum Gasteiger partial charge on any atom is -0.493 e. The SMILES string of the molecule is CCOC(COc1ccc(-n2cnc3cc(-c4ccc(F)cc4)ccc3c2=O)cc1OC)OCC. The van der Waals surface area contributed by atoms with Gasteiger partial charge in [-0.2, -0.15) is 0 Å². The molecule has 0 radical (unpaired) electrons. The molecule has 0 unspecified atom stereocenters. The van der Waals surface area contributed by atoms with Crippen LogP contribution in [0.3, 0.4) is 0 Å². The molecule has 0 saturated heterocycles. The van der Waals surface area contributed by atoms with Crippen molar-refractivity contribution in [2.24, 2.45) is 0 Å². The Morgan fingerprint density at radius 2 is 1.63 bits per heavy atom. The molecule has 35 heavy (non-hydrogen) atoms. The van der Waals surface area contributed by atoms with Crippen LogP contribution in [0.5, 0.6) is 11.5 Å². The van der Waals surface area contributed by atoms with Crippen LogP contribution in [0.15, 0.2) is 71.8 Å². The van der Waals surface area contributed by atoms with Gasteiger partial charge in [0.2, 0.25) is 0 Å². The van der Waals surface area contributed by atoms with E-state index >= 15 is 0 Å². The molecule has 182 valence electrons. The van der Waals surface area contributed by atoms with Crippen molar-refractivity contribution in [3.63, 3.8) is 0 Å². The van der Waals surface area contributed by atoms with Crippen molar-refractivity contribution < 1.29 is 23.3 Å². The first kappa shape index (κ1) is 24.4. The molecular weight excluding hydrogens is 451 g/mol. The molecule has 0 aliphatic heterocycles. The maximum atomic E-state index is 13.2. The summed E-state index contributed by atoms with van der Waals surface area (Å²) in [5.74, 6) is 0.671. The second-order valence-corrected chi connectivity index (χ2v) is 7.64. The van der Waals surface area contributed by atoms with Gasteiger partial charge in [-0.15, -0.1) is 0 Å². The average molecular weight is 479 g/mol. The Labute approximate surface area is 202 Å². The van der Waals surface area contributed by atoms with E-state index in [4.69, 9.17) is 18.9 Å². The quantitative estimate of drug-likeness (QED) is 0.300. The maximum Gasteiger partial charge on any atom is 0.265 e. The van der Waals surface area contributed by atoms with Gasteiger partial charge in [0, 0.05) is 19.3 Å². The molecular formula is C27H27FN2O5.